The highest BCUT2D eigenvalue weighted by Gasteiger charge is 2.33. The largest absolute Gasteiger partial charge is 0.486 e. The van der Waals surface area contributed by atoms with Gasteiger partial charge in [0.05, 0.1) is 11.9 Å². The SMILES string of the molecule is CC[C@@H](C)NC(=O)[C@@H](Cc1ccccc1)N(Cc1ccc(Cl)cc1)C(=O)CN(c1ccc2c(c1)OCCO2)S(C)(=O)=O. The Labute approximate surface area is 252 Å². The number of amides is 2. The van der Waals surface area contributed by atoms with Gasteiger partial charge in [0.1, 0.15) is 25.8 Å². The van der Waals surface area contributed by atoms with Crippen LogP contribution < -0.4 is 19.1 Å². The molecule has 1 heterocycles. The van der Waals surface area contributed by atoms with E-state index in [2.05, 4.69) is 5.32 Å². The standard InChI is InChI=1S/C31H36ClN3O6S/c1-4-22(2)33-31(37)27(18-23-8-6-5-7-9-23)34(20-24-10-12-25(32)13-11-24)30(36)21-35(42(3,38)39)26-14-15-28-29(19-26)41-17-16-40-28/h5-15,19,22,27H,4,16-18,20-21H2,1-3H3,(H,33,37)/t22-,27-/m1/s1. The second kappa shape index (κ2) is 13.9. The molecule has 1 aliphatic rings. The summed E-state index contributed by atoms with van der Waals surface area (Å²) < 4.78 is 38.3. The summed E-state index contributed by atoms with van der Waals surface area (Å²) in [5.41, 5.74) is 1.86. The lowest BCUT2D eigenvalue weighted by atomic mass is 10.0. The molecule has 3 aromatic carbocycles. The van der Waals surface area contributed by atoms with Crippen LogP contribution in [0.1, 0.15) is 31.4 Å². The minimum absolute atomic E-state index is 0.0696. The molecule has 11 heteroatoms. The summed E-state index contributed by atoms with van der Waals surface area (Å²) in [6.07, 6.45) is 1.99. The second-order valence-corrected chi connectivity index (χ2v) is 12.6. The number of rotatable bonds is 12. The van der Waals surface area contributed by atoms with Crippen molar-refractivity contribution in [2.24, 2.45) is 0 Å². The zero-order valence-electron chi connectivity index (χ0n) is 24.0. The normalized spacial score (nSPS) is 14.0. The van der Waals surface area contributed by atoms with Crippen LogP contribution in [-0.4, -0.2) is 63.2 Å². The molecule has 1 N–H and O–H groups in total. The van der Waals surface area contributed by atoms with E-state index < -0.39 is 28.5 Å². The molecule has 3 aromatic rings. The van der Waals surface area contributed by atoms with E-state index in [-0.39, 0.29) is 30.6 Å². The van der Waals surface area contributed by atoms with Gasteiger partial charge in [0.15, 0.2) is 11.5 Å². The van der Waals surface area contributed by atoms with E-state index in [9.17, 15) is 18.0 Å². The highest BCUT2D eigenvalue weighted by Crippen LogP contribution is 2.35. The molecule has 42 heavy (non-hydrogen) atoms. The third-order valence-electron chi connectivity index (χ3n) is 7.03. The number of halogens is 1. The fourth-order valence-electron chi connectivity index (χ4n) is 4.58. The molecular formula is C31H36ClN3O6S. The quantitative estimate of drug-likeness (QED) is 0.324. The highest BCUT2D eigenvalue weighted by atomic mass is 35.5. The van der Waals surface area contributed by atoms with Crippen LogP contribution in [0.15, 0.2) is 72.8 Å². The van der Waals surface area contributed by atoms with Crippen molar-refractivity contribution in [1.82, 2.24) is 10.2 Å². The van der Waals surface area contributed by atoms with Gasteiger partial charge in [-0.3, -0.25) is 13.9 Å². The Balaban J connectivity index is 1.73. The van der Waals surface area contributed by atoms with Crippen LogP contribution in [0.5, 0.6) is 11.5 Å². The van der Waals surface area contributed by atoms with Crippen LogP contribution in [0.3, 0.4) is 0 Å². The summed E-state index contributed by atoms with van der Waals surface area (Å²) in [4.78, 5) is 29.4. The molecular weight excluding hydrogens is 578 g/mol. The number of hydrogen-bond acceptors (Lipinski definition) is 6. The minimum atomic E-state index is -3.91. The molecule has 0 bridgehead atoms. The van der Waals surface area contributed by atoms with Gasteiger partial charge in [0, 0.05) is 30.1 Å². The van der Waals surface area contributed by atoms with E-state index in [1.165, 1.54) is 4.90 Å². The molecule has 224 valence electrons. The van der Waals surface area contributed by atoms with Crippen molar-refractivity contribution >= 4 is 39.1 Å². The Bertz CT molecular complexity index is 1480. The number of ether oxygens (including phenoxy) is 2. The van der Waals surface area contributed by atoms with Crippen LogP contribution in [0.4, 0.5) is 5.69 Å². The molecule has 9 nitrogen and oxygen atoms in total. The number of carbonyl (C=O) groups excluding carboxylic acids is 2. The second-order valence-electron chi connectivity index (χ2n) is 10.3. The molecule has 0 aliphatic carbocycles. The topological polar surface area (TPSA) is 105 Å². The van der Waals surface area contributed by atoms with Crippen molar-refractivity contribution < 1.29 is 27.5 Å². The summed E-state index contributed by atoms with van der Waals surface area (Å²) >= 11 is 6.10. The Morgan fingerprint density at radius 1 is 0.952 bits per heavy atom. The van der Waals surface area contributed by atoms with E-state index >= 15 is 0 Å². The van der Waals surface area contributed by atoms with Crippen molar-refractivity contribution in [3.8, 4) is 11.5 Å². The molecule has 2 atom stereocenters. The van der Waals surface area contributed by atoms with Crippen LogP contribution in [0.2, 0.25) is 5.02 Å². The fourth-order valence-corrected chi connectivity index (χ4v) is 5.55. The molecule has 0 aromatic heterocycles. The first-order chi connectivity index (χ1) is 20.0. The van der Waals surface area contributed by atoms with Crippen LogP contribution in [-0.2, 0) is 32.6 Å². The van der Waals surface area contributed by atoms with Crippen molar-refractivity contribution in [2.75, 3.05) is 30.3 Å². The van der Waals surface area contributed by atoms with E-state index in [0.717, 1.165) is 21.7 Å². The first kappa shape index (κ1) is 31.2. The smallest absolute Gasteiger partial charge is 0.244 e. The number of anilines is 1. The van der Waals surface area contributed by atoms with Gasteiger partial charge >= 0.3 is 0 Å². The first-order valence-corrected chi connectivity index (χ1v) is 16.0. The van der Waals surface area contributed by atoms with Crippen molar-refractivity contribution in [1.29, 1.82) is 0 Å². The molecule has 0 fully saturated rings. The fraction of sp³-hybridized carbons (Fsp3) is 0.355. The molecule has 1 aliphatic heterocycles. The number of sulfonamides is 1. The summed E-state index contributed by atoms with van der Waals surface area (Å²) in [6.45, 7) is 4.13. The maximum absolute atomic E-state index is 14.2. The zero-order valence-corrected chi connectivity index (χ0v) is 25.5. The van der Waals surface area contributed by atoms with Crippen molar-refractivity contribution in [3.63, 3.8) is 0 Å². The third kappa shape index (κ3) is 8.17. The summed E-state index contributed by atoms with van der Waals surface area (Å²) in [5, 5.41) is 3.55. The number of benzene rings is 3. The minimum Gasteiger partial charge on any atom is -0.486 e. The van der Waals surface area contributed by atoms with Gasteiger partial charge in [0.2, 0.25) is 21.8 Å². The Morgan fingerprint density at radius 2 is 1.62 bits per heavy atom. The van der Waals surface area contributed by atoms with Gasteiger partial charge in [-0.2, -0.15) is 0 Å². The lowest BCUT2D eigenvalue weighted by Gasteiger charge is -2.34. The predicted molar refractivity (Wildman–Crippen MR) is 163 cm³/mol. The molecule has 0 unspecified atom stereocenters. The number of hydrogen-bond donors (Lipinski definition) is 1. The van der Waals surface area contributed by atoms with Gasteiger partial charge in [-0.15, -0.1) is 0 Å². The monoisotopic (exact) mass is 613 g/mol. The lowest BCUT2D eigenvalue weighted by Crippen LogP contribution is -2.54. The van der Waals surface area contributed by atoms with E-state index in [4.69, 9.17) is 21.1 Å². The van der Waals surface area contributed by atoms with Gasteiger partial charge in [-0.25, -0.2) is 8.42 Å². The predicted octanol–water partition coefficient (Wildman–Crippen LogP) is 4.43. The van der Waals surface area contributed by atoms with E-state index in [1.54, 1.807) is 42.5 Å². The number of carbonyl (C=O) groups is 2. The molecule has 4 rings (SSSR count). The van der Waals surface area contributed by atoms with Crippen LogP contribution in [0, 0.1) is 0 Å². The van der Waals surface area contributed by atoms with Crippen molar-refractivity contribution in [2.45, 2.75) is 45.3 Å². The first-order valence-electron chi connectivity index (χ1n) is 13.8. The van der Waals surface area contributed by atoms with Gasteiger partial charge < -0.3 is 19.7 Å². The Hall–Kier alpha value is -3.76. The molecule has 0 saturated heterocycles. The maximum atomic E-state index is 14.2. The molecule has 2 amide bonds. The summed E-state index contributed by atoms with van der Waals surface area (Å²) in [5.74, 6) is 0.0396. The average Bonchev–Trinajstić information content (AvgIpc) is 2.98. The lowest BCUT2D eigenvalue weighted by molar-refractivity contribution is -0.140. The van der Waals surface area contributed by atoms with E-state index in [0.29, 0.717) is 36.2 Å². The van der Waals surface area contributed by atoms with Gasteiger partial charge in [-0.1, -0.05) is 61.0 Å². The van der Waals surface area contributed by atoms with Gasteiger partial charge in [0.25, 0.3) is 0 Å². The summed E-state index contributed by atoms with van der Waals surface area (Å²) in [7, 11) is -3.91. The van der Waals surface area contributed by atoms with Crippen LogP contribution >= 0.6 is 11.6 Å². The Kier molecular flexibility index (Phi) is 10.3. The zero-order chi connectivity index (χ0) is 30.3. The number of fused-ring (bicyclic) bond motifs is 1. The van der Waals surface area contributed by atoms with Gasteiger partial charge in [-0.05, 0) is 48.7 Å². The molecule has 0 spiro atoms. The summed E-state index contributed by atoms with van der Waals surface area (Å²) in [6, 6.07) is 20.1. The number of nitrogens with zero attached hydrogens (tertiary/aromatic N) is 2. The van der Waals surface area contributed by atoms with E-state index in [1.807, 2.05) is 44.2 Å². The van der Waals surface area contributed by atoms with Crippen LogP contribution in [0.25, 0.3) is 0 Å². The average molecular weight is 614 g/mol. The highest BCUT2D eigenvalue weighted by molar-refractivity contribution is 7.92. The third-order valence-corrected chi connectivity index (χ3v) is 8.42. The Morgan fingerprint density at radius 3 is 2.26 bits per heavy atom. The molecule has 0 radical (unpaired) electrons. The maximum Gasteiger partial charge on any atom is 0.244 e. The number of nitrogens with one attached hydrogen (secondary N) is 1. The molecule has 0 saturated carbocycles. The van der Waals surface area contributed by atoms with Crippen molar-refractivity contribution in [3.05, 3.63) is 88.9 Å².